The number of benzene rings is 3. The topological polar surface area (TPSA) is 76.2 Å². The van der Waals surface area contributed by atoms with Gasteiger partial charge in [0, 0.05) is 20.1 Å². The van der Waals surface area contributed by atoms with Crippen LogP contribution in [-0.2, 0) is 22.7 Å². The average Bonchev–Trinajstić information content (AvgIpc) is 2.91. The predicted octanol–water partition coefficient (Wildman–Crippen LogP) is 4.44. The van der Waals surface area contributed by atoms with E-state index in [0.29, 0.717) is 15.6 Å². The Hall–Kier alpha value is -3.66. The number of amides is 4. The van der Waals surface area contributed by atoms with Crippen molar-refractivity contribution in [1.29, 1.82) is 0 Å². The van der Waals surface area contributed by atoms with E-state index in [1.165, 1.54) is 22.0 Å². The van der Waals surface area contributed by atoms with E-state index in [1.54, 1.807) is 59.4 Å². The normalized spacial score (nSPS) is 19.7. The van der Waals surface area contributed by atoms with Gasteiger partial charge in [0.1, 0.15) is 18.0 Å². The van der Waals surface area contributed by atoms with E-state index >= 15 is 0 Å². The zero-order chi connectivity index (χ0) is 27.7. The molecule has 5 rings (SSSR count). The van der Waals surface area contributed by atoms with E-state index in [4.69, 9.17) is 23.2 Å². The van der Waals surface area contributed by atoms with Crippen LogP contribution in [0.2, 0.25) is 10.0 Å². The van der Waals surface area contributed by atoms with Gasteiger partial charge in [-0.2, -0.15) is 0 Å². The highest BCUT2D eigenvalue weighted by Gasteiger charge is 2.51. The molecule has 11 heteroatoms. The van der Waals surface area contributed by atoms with Crippen LogP contribution in [0.4, 0.5) is 9.18 Å². The van der Waals surface area contributed by atoms with Crippen LogP contribution in [0.15, 0.2) is 72.8 Å². The summed E-state index contributed by atoms with van der Waals surface area (Å²) in [4.78, 5) is 43.9. The minimum atomic E-state index is -0.915. The lowest BCUT2D eigenvalue weighted by molar-refractivity contribution is -0.188. The Bertz CT molecular complexity index is 1390. The van der Waals surface area contributed by atoms with Crippen molar-refractivity contribution >= 4 is 41.0 Å². The van der Waals surface area contributed by atoms with Gasteiger partial charge in [0.25, 0.3) is 5.91 Å². The molecule has 0 unspecified atom stereocenters. The van der Waals surface area contributed by atoms with E-state index in [-0.39, 0.29) is 43.8 Å². The Morgan fingerprint density at radius 1 is 0.974 bits per heavy atom. The number of carbonyl (C=O) groups is 3. The van der Waals surface area contributed by atoms with Crippen LogP contribution in [0.3, 0.4) is 0 Å². The Morgan fingerprint density at radius 2 is 1.67 bits per heavy atom. The highest BCUT2D eigenvalue weighted by Crippen LogP contribution is 2.35. The lowest BCUT2D eigenvalue weighted by Crippen LogP contribution is -2.73. The lowest BCUT2D eigenvalue weighted by Gasteiger charge is -2.54. The smallest absolute Gasteiger partial charge is 0.333 e. The van der Waals surface area contributed by atoms with Gasteiger partial charge >= 0.3 is 6.03 Å². The first-order valence-electron chi connectivity index (χ1n) is 12.3. The maximum absolute atomic E-state index is 13.9. The molecule has 1 N–H and O–H groups in total. The van der Waals surface area contributed by atoms with Gasteiger partial charge in [0.05, 0.1) is 23.1 Å². The molecule has 2 saturated heterocycles. The third kappa shape index (κ3) is 5.56. The average molecular weight is 570 g/mol. The van der Waals surface area contributed by atoms with Gasteiger partial charge in [-0.1, -0.05) is 71.7 Å². The minimum absolute atomic E-state index is 0.0795. The number of hydrogen-bond acceptors (Lipinski definition) is 4. The Morgan fingerprint density at radius 3 is 2.36 bits per heavy atom. The summed E-state index contributed by atoms with van der Waals surface area (Å²) in [7, 11) is 1.66. The van der Waals surface area contributed by atoms with Gasteiger partial charge in [-0.05, 0) is 41.0 Å². The summed E-state index contributed by atoms with van der Waals surface area (Å²) in [6, 6.07) is 18.7. The van der Waals surface area contributed by atoms with Crippen molar-refractivity contribution in [1.82, 2.24) is 25.1 Å². The van der Waals surface area contributed by atoms with Crippen LogP contribution in [0.1, 0.15) is 22.7 Å². The number of likely N-dealkylation sites (N-methyl/N-ethyl adjacent to an activating group) is 1. The summed E-state index contributed by atoms with van der Waals surface area (Å²) >= 11 is 12.3. The fraction of sp³-hybridized carbons (Fsp3) is 0.250. The van der Waals surface area contributed by atoms with Crippen molar-refractivity contribution in [3.05, 3.63) is 105 Å². The molecule has 3 aromatic carbocycles. The Kier molecular flexibility index (Phi) is 7.74. The van der Waals surface area contributed by atoms with Crippen molar-refractivity contribution in [2.75, 3.05) is 20.1 Å². The van der Waals surface area contributed by atoms with Gasteiger partial charge in [0.2, 0.25) is 5.91 Å². The van der Waals surface area contributed by atoms with Crippen LogP contribution < -0.4 is 5.32 Å². The summed E-state index contributed by atoms with van der Waals surface area (Å²) in [6.45, 7) is 0.386. The molecule has 2 fully saturated rings. The highest BCUT2D eigenvalue weighted by molar-refractivity contribution is 6.42. The molecule has 2 atom stereocenters. The standard InChI is InChI=1S/C28H26Cl2FN5O3/c1-33-17-25(37)35-24(36(33)28(39)32-14-18-7-10-21(31)11-8-18)16-34(15-19-9-12-22(29)23(30)13-19)27(38)26(35)20-5-3-2-4-6-20/h2-13,24,26H,14-17H2,1H3,(H,32,39)/t24-,26-/m0/s1. The predicted molar refractivity (Wildman–Crippen MR) is 145 cm³/mol. The molecule has 2 heterocycles. The second kappa shape index (κ2) is 11.2. The second-order valence-corrected chi connectivity index (χ2v) is 10.3. The summed E-state index contributed by atoms with van der Waals surface area (Å²) in [5, 5.41) is 6.66. The third-order valence-corrected chi connectivity index (χ3v) is 7.61. The molecule has 0 spiro atoms. The van der Waals surface area contributed by atoms with Crippen molar-refractivity contribution in [2.45, 2.75) is 25.3 Å². The van der Waals surface area contributed by atoms with Gasteiger partial charge < -0.3 is 15.1 Å². The van der Waals surface area contributed by atoms with E-state index in [0.717, 1.165) is 11.1 Å². The molecular weight excluding hydrogens is 544 g/mol. The summed E-state index contributed by atoms with van der Waals surface area (Å²) in [5.74, 6) is -0.884. The first kappa shape index (κ1) is 26.9. The zero-order valence-corrected chi connectivity index (χ0v) is 22.6. The molecule has 2 aliphatic rings. The lowest BCUT2D eigenvalue weighted by atomic mass is 9.98. The number of hydrazine groups is 1. The van der Waals surface area contributed by atoms with Crippen molar-refractivity contribution in [3.63, 3.8) is 0 Å². The number of halogens is 3. The number of fused-ring (bicyclic) bond motifs is 1. The van der Waals surface area contributed by atoms with Crippen LogP contribution in [0, 0.1) is 5.82 Å². The van der Waals surface area contributed by atoms with E-state index in [9.17, 15) is 18.8 Å². The number of carbonyl (C=O) groups excluding carboxylic acids is 3. The summed E-state index contributed by atoms with van der Waals surface area (Å²) in [6.07, 6.45) is -0.768. The largest absolute Gasteiger partial charge is 0.334 e. The highest BCUT2D eigenvalue weighted by atomic mass is 35.5. The fourth-order valence-electron chi connectivity index (χ4n) is 5.02. The first-order chi connectivity index (χ1) is 18.7. The van der Waals surface area contributed by atoms with Crippen LogP contribution in [0.25, 0.3) is 0 Å². The molecule has 39 heavy (non-hydrogen) atoms. The molecule has 0 radical (unpaired) electrons. The second-order valence-electron chi connectivity index (χ2n) is 9.51. The van der Waals surface area contributed by atoms with Crippen molar-refractivity contribution < 1.29 is 18.8 Å². The fourth-order valence-corrected chi connectivity index (χ4v) is 5.34. The molecular formula is C28H26Cl2FN5O3. The number of rotatable bonds is 5. The number of hydrogen-bond donors (Lipinski definition) is 1. The maximum atomic E-state index is 13.9. The molecule has 0 aliphatic carbocycles. The van der Waals surface area contributed by atoms with E-state index in [1.807, 2.05) is 18.2 Å². The molecule has 4 amide bonds. The van der Waals surface area contributed by atoms with Gasteiger partial charge in [-0.3, -0.25) is 9.59 Å². The van der Waals surface area contributed by atoms with Crippen LogP contribution in [0.5, 0.6) is 0 Å². The van der Waals surface area contributed by atoms with E-state index < -0.39 is 18.2 Å². The molecule has 2 aliphatic heterocycles. The summed E-state index contributed by atoms with van der Waals surface area (Å²) < 4.78 is 13.3. The molecule has 8 nitrogen and oxygen atoms in total. The molecule has 0 bridgehead atoms. The van der Waals surface area contributed by atoms with Crippen molar-refractivity contribution in [2.24, 2.45) is 0 Å². The first-order valence-corrected chi connectivity index (χ1v) is 13.1. The van der Waals surface area contributed by atoms with Gasteiger partial charge in [-0.15, -0.1) is 0 Å². The van der Waals surface area contributed by atoms with Crippen LogP contribution >= 0.6 is 23.2 Å². The Labute approximate surface area is 235 Å². The third-order valence-electron chi connectivity index (χ3n) is 6.87. The van der Waals surface area contributed by atoms with Gasteiger partial charge in [0.15, 0.2) is 0 Å². The SMILES string of the molecule is CN1CC(=O)N2[C@@H](c3ccccc3)C(=O)N(Cc3ccc(Cl)c(Cl)c3)C[C@@H]2N1C(=O)NCc1ccc(F)cc1. The van der Waals surface area contributed by atoms with Crippen molar-refractivity contribution in [3.8, 4) is 0 Å². The summed E-state index contributed by atoms with van der Waals surface area (Å²) in [5.41, 5.74) is 2.14. The molecule has 202 valence electrons. The molecule has 3 aromatic rings. The molecule has 0 aromatic heterocycles. The van der Waals surface area contributed by atoms with Gasteiger partial charge in [-0.25, -0.2) is 19.2 Å². The minimum Gasteiger partial charge on any atom is -0.333 e. The van der Waals surface area contributed by atoms with E-state index in [2.05, 4.69) is 5.32 Å². The Balaban J connectivity index is 1.47. The number of urea groups is 1. The zero-order valence-electron chi connectivity index (χ0n) is 21.1. The molecule has 0 saturated carbocycles. The van der Waals surface area contributed by atoms with Crippen LogP contribution in [-0.4, -0.2) is 64.0 Å². The number of piperazine rings is 1. The number of nitrogens with one attached hydrogen (secondary N) is 1. The maximum Gasteiger partial charge on any atom is 0.334 e. The monoisotopic (exact) mass is 569 g/mol. The number of nitrogens with zero attached hydrogens (tertiary/aromatic N) is 4. The quantitative estimate of drug-likeness (QED) is 0.492.